The van der Waals surface area contributed by atoms with Crippen molar-refractivity contribution in [1.82, 2.24) is 0 Å². The van der Waals surface area contributed by atoms with Crippen LogP contribution in [-0.4, -0.2) is 10.6 Å². The Labute approximate surface area is 112 Å². The molecule has 0 aromatic carbocycles. The minimum Gasteiger partial charge on any atom is -0.295 e. The molecule has 17 heavy (non-hydrogen) atoms. The van der Waals surface area contributed by atoms with Crippen LogP contribution in [-0.2, 0) is 4.79 Å². The van der Waals surface area contributed by atoms with Crippen LogP contribution in [0.5, 0.6) is 0 Å². The van der Waals surface area contributed by atoms with Gasteiger partial charge >= 0.3 is 0 Å². The first kappa shape index (κ1) is 13.1. The van der Waals surface area contributed by atoms with Crippen LogP contribution in [0.2, 0.25) is 0 Å². The fraction of sp³-hybridized carbons (Fsp3) is 0.667. The van der Waals surface area contributed by atoms with Gasteiger partial charge in [-0.15, -0.1) is 0 Å². The summed E-state index contributed by atoms with van der Waals surface area (Å²) < 4.78 is 0. The SMILES string of the molecule is C=C1CC[C@@H](Br)C(C)(C)[C@]12CC=C(C)C(=O)C2. The standard InChI is InChI=1S/C15H21BrO/c1-10-7-8-15(9-12(10)17)11(2)5-6-13(16)14(15,3)4/h7,13H,2,5-6,8-9H2,1,3-4H3/t13-,15+/m1/s1. The quantitative estimate of drug-likeness (QED) is 0.478. The van der Waals surface area contributed by atoms with Gasteiger partial charge in [0.1, 0.15) is 0 Å². The number of carbonyl (C=O) groups excluding carboxylic acids is 1. The van der Waals surface area contributed by atoms with E-state index in [0.29, 0.717) is 17.0 Å². The lowest BCUT2D eigenvalue weighted by molar-refractivity contribution is -0.120. The van der Waals surface area contributed by atoms with Gasteiger partial charge in [-0.05, 0) is 37.2 Å². The van der Waals surface area contributed by atoms with E-state index in [0.717, 1.165) is 24.8 Å². The molecule has 0 bridgehead atoms. The number of carbonyl (C=O) groups is 1. The van der Waals surface area contributed by atoms with E-state index >= 15 is 0 Å². The number of hydrogen-bond acceptors (Lipinski definition) is 1. The number of Topliss-reactive ketones (excluding diaryl/α,β-unsaturated/α-hetero) is 1. The van der Waals surface area contributed by atoms with Crippen molar-refractivity contribution in [2.45, 2.75) is 51.3 Å². The molecular weight excluding hydrogens is 276 g/mol. The molecule has 1 fully saturated rings. The van der Waals surface area contributed by atoms with Gasteiger partial charge in [-0.2, -0.15) is 0 Å². The molecule has 0 aromatic rings. The average molecular weight is 297 g/mol. The van der Waals surface area contributed by atoms with Gasteiger partial charge in [0.25, 0.3) is 0 Å². The maximum atomic E-state index is 12.1. The lowest BCUT2D eigenvalue weighted by atomic mass is 9.51. The molecule has 2 rings (SSSR count). The molecule has 0 amide bonds. The summed E-state index contributed by atoms with van der Waals surface area (Å²) in [6, 6.07) is 0. The second kappa shape index (κ2) is 4.08. The van der Waals surface area contributed by atoms with E-state index in [1.54, 1.807) is 0 Å². The summed E-state index contributed by atoms with van der Waals surface area (Å²) in [5.74, 6) is 0.298. The van der Waals surface area contributed by atoms with Gasteiger partial charge in [0.15, 0.2) is 5.78 Å². The number of alkyl halides is 1. The van der Waals surface area contributed by atoms with Crippen molar-refractivity contribution in [3.8, 4) is 0 Å². The highest BCUT2D eigenvalue weighted by molar-refractivity contribution is 9.09. The largest absolute Gasteiger partial charge is 0.295 e. The Morgan fingerprint density at radius 1 is 1.47 bits per heavy atom. The zero-order valence-corrected chi connectivity index (χ0v) is 12.6. The Hall–Kier alpha value is -0.370. The summed E-state index contributed by atoms with van der Waals surface area (Å²) in [7, 11) is 0. The van der Waals surface area contributed by atoms with Crippen LogP contribution >= 0.6 is 15.9 Å². The molecule has 0 aliphatic heterocycles. The molecule has 0 unspecified atom stereocenters. The Kier molecular flexibility index (Phi) is 3.14. The van der Waals surface area contributed by atoms with Gasteiger partial charge in [-0.3, -0.25) is 4.79 Å². The Morgan fingerprint density at radius 2 is 2.12 bits per heavy atom. The van der Waals surface area contributed by atoms with Crippen molar-refractivity contribution in [2.75, 3.05) is 0 Å². The lowest BCUT2D eigenvalue weighted by Crippen LogP contribution is -2.50. The zero-order valence-electron chi connectivity index (χ0n) is 11.0. The van der Waals surface area contributed by atoms with Gasteiger partial charge < -0.3 is 0 Å². The van der Waals surface area contributed by atoms with E-state index in [2.05, 4.69) is 42.4 Å². The maximum absolute atomic E-state index is 12.1. The van der Waals surface area contributed by atoms with Gasteiger partial charge in [0.05, 0.1) is 0 Å². The molecule has 0 aromatic heterocycles. The lowest BCUT2D eigenvalue weighted by Gasteiger charge is -2.55. The van der Waals surface area contributed by atoms with Gasteiger partial charge in [0.2, 0.25) is 0 Å². The predicted molar refractivity (Wildman–Crippen MR) is 75.3 cm³/mol. The Bertz CT molecular complexity index is 405. The van der Waals surface area contributed by atoms with Gasteiger partial charge in [-0.25, -0.2) is 0 Å². The molecular formula is C15H21BrO. The number of halogens is 1. The van der Waals surface area contributed by atoms with Crippen molar-refractivity contribution >= 4 is 21.7 Å². The molecule has 2 heteroatoms. The molecule has 0 N–H and O–H groups in total. The first-order valence-corrected chi connectivity index (χ1v) is 7.25. The minimum atomic E-state index is -0.0317. The molecule has 2 atom stereocenters. The summed E-state index contributed by atoms with van der Waals surface area (Å²) in [6.45, 7) is 10.8. The van der Waals surface area contributed by atoms with Crippen molar-refractivity contribution in [3.63, 3.8) is 0 Å². The highest BCUT2D eigenvalue weighted by Crippen LogP contribution is 2.60. The smallest absolute Gasteiger partial charge is 0.159 e. The number of hydrogen-bond donors (Lipinski definition) is 0. The molecule has 0 radical (unpaired) electrons. The van der Waals surface area contributed by atoms with Crippen molar-refractivity contribution in [1.29, 1.82) is 0 Å². The first-order valence-electron chi connectivity index (χ1n) is 6.33. The molecule has 0 saturated heterocycles. The second-order valence-electron chi connectivity index (χ2n) is 6.10. The number of rotatable bonds is 0. The molecule has 94 valence electrons. The monoisotopic (exact) mass is 296 g/mol. The van der Waals surface area contributed by atoms with Gasteiger partial charge in [-0.1, -0.05) is 48.0 Å². The van der Waals surface area contributed by atoms with E-state index in [1.807, 2.05) is 6.92 Å². The molecule has 2 aliphatic carbocycles. The summed E-state index contributed by atoms with van der Waals surface area (Å²) in [5.41, 5.74) is 2.26. The third-order valence-corrected chi connectivity index (χ3v) is 6.65. The normalized spacial score (nSPS) is 37.2. The Morgan fingerprint density at radius 3 is 2.71 bits per heavy atom. The molecule has 1 nitrogen and oxygen atoms in total. The highest BCUT2D eigenvalue weighted by atomic mass is 79.9. The van der Waals surface area contributed by atoms with E-state index in [4.69, 9.17) is 0 Å². The van der Waals surface area contributed by atoms with Crippen molar-refractivity contribution in [2.24, 2.45) is 10.8 Å². The first-order chi connectivity index (χ1) is 7.81. The summed E-state index contributed by atoms with van der Waals surface area (Å²) in [5, 5.41) is 0. The van der Waals surface area contributed by atoms with Crippen LogP contribution in [0.15, 0.2) is 23.8 Å². The molecule has 1 saturated carbocycles. The average Bonchev–Trinajstić information content (AvgIpc) is 2.27. The summed E-state index contributed by atoms with van der Waals surface area (Å²) >= 11 is 3.81. The third kappa shape index (κ3) is 1.76. The van der Waals surface area contributed by atoms with Crippen LogP contribution in [0.3, 0.4) is 0 Å². The molecule has 0 heterocycles. The second-order valence-corrected chi connectivity index (χ2v) is 7.21. The van der Waals surface area contributed by atoms with Crippen LogP contribution in [0, 0.1) is 10.8 Å². The third-order valence-electron chi connectivity index (χ3n) is 5.05. The summed E-state index contributed by atoms with van der Waals surface area (Å²) in [6.07, 6.45) is 5.90. The molecule has 1 spiro atoms. The van der Waals surface area contributed by atoms with Crippen LogP contribution < -0.4 is 0 Å². The summed E-state index contributed by atoms with van der Waals surface area (Å²) in [4.78, 5) is 12.6. The minimum absolute atomic E-state index is 0.0317. The van der Waals surface area contributed by atoms with Gasteiger partial charge in [0, 0.05) is 16.7 Å². The number of allylic oxidation sites excluding steroid dienone is 3. The Balaban J connectivity index is 2.47. The van der Waals surface area contributed by atoms with Crippen molar-refractivity contribution < 1.29 is 4.79 Å². The maximum Gasteiger partial charge on any atom is 0.159 e. The van der Waals surface area contributed by atoms with Crippen molar-refractivity contribution in [3.05, 3.63) is 23.8 Å². The van der Waals surface area contributed by atoms with E-state index in [-0.39, 0.29) is 10.8 Å². The predicted octanol–water partition coefficient (Wildman–Crippen LogP) is 4.42. The van der Waals surface area contributed by atoms with E-state index in [9.17, 15) is 4.79 Å². The van der Waals surface area contributed by atoms with Crippen LogP contribution in [0.1, 0.15) is 46.5 Å². The fourth-order valence-corrected chi connectivity index (χ4v) is 4.01. The van der Waals surface area contributed by atoms with Crippen LogP contribution in [0.4, 0.5) is 0 Å². The van der Waals surface area contributed by atoms with E-state index < -0.39 is 0 Å². The molecule has 2 aliphatic rings. The topological polar surface area (TPSA) is 17.1 Å². The van der Waals surface area contributed by atoms with E-state index in [1.165, 1.54) is 5.57 Å². The highest BCUT2D eigenvalue weighted by Gasteiger charge is 2.54. The number of ketones is 1. The zero-order chi connectivity index (χ0) is 12.8. The fourth-order valence-electron chi connectivity index (χ4n) is 3.34. The van der Waals surface area contributed by atoms with Crippen LogP contribution in [0.25, 0.3) is 0 Å².